The van der Waals surface area contributed by atoms with Crippen LogP contribution in [-0.2, 0) is 4.74 Å². The number of rotatable bonds is 4. The predicted molar refractivity (Wildman–Crippen MR) is 118 cm³/mol. The zero-order valence-corrected chi connectivity index (χ0v) is 17.3. The van der Waals surface area contributed by atoms with Gasteiger partial charge in [0.2, 0.25) is 0 Å². The van der Waals surface area contributed by atoms with E-state index in [1.54, 1.807) is 0 Å². The molecule has 2 N–H and O–H groups in total. The maximum absolute atomic E-state index is 12.8. The highest BCUT2D eigenvalue weighted by Crippen LogP contribution is 2.63. The molecule has 0 aromatic heterocycles. The van der Waals surface area contributed by atoms with E-state index in [2.05, 4.69) is 53.1 Å². The highest BCUT2D eigenvalue weighted by atomic mass is 16.5. The van der Waals surface area contributed by atoms with Crippen LogP contribution >= 0.6 is 0 Å². The van der Waals surface area contributed by atoms with Crippen molar-refractivity contribution in [2.45, 2.75) is 50.2 Å². The molecule has 6 atom stereocenters. The molecule has 0 radical (unpaired) electrons. The van der Waals surface area contributed by atoms with Gasteiger partial charge in [-0.1, -0.05) is 30.3 Å². The topological polar surface area (TPSA) is 50.4 Å². The van der Waals surface area contributed by atoms with E-state index in [9.17, 15) is 4.79 Å². The van der Waals surface area contributed by atoms with Crippen LogP contribution in [0.1, 0.15) is 65.5 Å². The summed E-state index contributed by atoms with van der Waals surface area (Å²) in [5.41, 5.74) is 4.76. The summed E-state index contributed by atoms with van der Waals surface area (Å²) in [7, 11) is 0. The van der Waals surface area contributed by atoms with Crippen LogP contribution in [0, 0.1) is 17.8 Å². The van der Waals surface area contributed by atoms with Gasteiger partial charge in [-0.2, -0.15) is 0 Å². The lowest BCUT2D eigenvalue weighted by atomic mass is 9.68. The highest BCUT2D eigenvalue weighted by molar-refractivity contribution is 5.95. The molecule has 4 heteroatoms. The van der Waals surface area contributed by atoms with Crippen molar-refractivity contribution in [3.63, 3.8) is 0 Å². The van der Waals surface area contributed by atoms with Crippen LogP contribution in [-0.4, -0.2) is 25.2 Å². The third-order valence-corrected chi connectivity index (χ3v) is 8.02. The van der Waals surface area contributed by atoms with E-state index < -0.39 is 0 Å². The Bertz CT molecular complexity index is 937. The van der Waals surface area contributed by atoms with Crippen molar-refractivity contribution < 1.29 is 9.53 Å². The number of benzene rings is 2. The third kappa shape index (κ3) is 3.04. The number of hydrogen-bond acceptors (Lipinski definition) is 3. The van der Waals surface area contributed by atoms with Crippen LogP contribution in [0.25, 0.3) is 0 Å². The number of hydrogen-bond donors (Lipinski definition) is 2. The molecule has 6 unspecified atom stereocenters. The Morgan fingerprint density at radius 2 is 1.93 bits per heavy atom. The van der Waals surface area contributed by atoms with E-state index in [1.165, 1.54) is 36.1 Å². The molecule has 2 bridgehead atoms. The first-order valence-electron chi connectivity index (χ1n) is 11.6. The molecule has 156 valence electrons. The number of ether oxygens (including phenoxy) is 1. The molecule has 4 aliphatic rings. The summed E-state index contributed by atoms with van der Waals surface area (Å²) < 4.78 is 5.65. The SMILES string of the molecule is O=C(NCC1CCCO1)c1ccc2c(c1)C1C3CCC(C3)C1C(c1ccccc1)N2. The lowest BCUT2D eigenvalue weighted by Gasteiger charge is -2.43. The van der Waals surface area contributed by atoms with Crippen molar-refractivity contribution in [2.75, 3.05) is 18.5 Å². The second-order valence-electron chi connectivity index (χ2n) is 9.62. The molecule has 30 heavy (non-hydrogen) atoms. The smallest absolute Gasteiger partial charge is 0.251 e. The van der Waals surface area contributed by atoms with Gasteiger partial charge in [-0.15, -0.1) is 0 Å². The fraction of sp³-hybridized carbons (Fsp3) is 0.500. The van der Waals surface area contributed by atoms with Gasteiger partial charge in [0.05, 0.1) is 12.1 Å². The van der Waals surface area contributed by atoms with Gasteiger partial charge in [0.15, 0.2) is 0 Å². The molecule has 2 heterocycles. The fourth-order valence-electron chi connectivity index (χ4n) is 6.73. The molecular formula is C26H30N2O2. The number of carbonyl (C=O) groups is 1. The molecule has 2 saturated carbocycles. The molecule has 4 nitrogen and oxygen atoms in total. The molecule has 1 saturated heterocycles. The average molecular weight is 403 g/mol. The lowest BCUT2D eigenvalue weighted by molar-refractivity contribution is 0.0857. The molecule has 3 fully saturated rings. The summed E-state index contributed by atoms with van der Waals surface area (Å²) in [5, 5.41) is 6.95. The number of carbonyl (C=O) groups excluding carboxylic acids is 1. The maximum Gasteiger partial charge on any atom is 0.251 e. The Kier molecular flexibility index (Phi) is 4.56. The molecule has 2 aliphatic carbocycles. The Labute approximate surface area is 178 Å². The van der Waals surface area contributed by atoms with Crippen LogP contribution in [0.3, 0.4) is 0 Å². The lowest BCUT2D eigenvalue weighted by Crippen LogP contribution is -2.36. The van der Waals surface area contributed by atoms with E-state index in [1.807, 2.05) is 6.07 Å². The number of anilines is 1. The minimum Gasteiger partial charge on any atom is -0.378 e. The standard InChI is InChI=1S/C26H30N2O2/c29-26(27-15-20-7-4-12-30-20)19-10-11-22-21(14-19)23-17-8-9-18(13-17)24(23)25(28-22)16-5-2-1-3-6-16/h1-3,5-6,10-11,14,17-18,20,23-25,28H,4,7-9,12-13,15H2,(H,27,29). The largest absolute Gasteiger partial charge is 0.378 e. The van der Waals surface area contributed by atoms with E-state index in [0.717, 1.165) is 36.8 Å². The van der Waals surface area contributed by atoms with Crippen LogP contribution < -0.4 is 10.6 Å². The minimum atomic E-state index is 0.0261. The van der Waals surface area contributed by atoms with Crippen molar-refractivity contribution in [2.24, 2.45) is 17.8 Å². The van der Waals surface area contributed by atoms with Crippen LogP contribution in [0.15, 0.2) is 48.5 Å². The molecule has 2 aromatic rings. The van der Waals surface area contributed by atoms with Gasteiger partial charge >= 0.3 is 0 Å². The van der Waals surface area contributed by atoms with E-state index in [4.69, 9.17) is 4.74 Å². The van der Waals surface area contributed by atoms with Crippen LogP contribution in [0.2, 0.25) is 0 Å². The van der Waals surface area contributed by atoms with Gasteiger partial charge in [0.25, 0.3) is 5.91 Å². The van der Waals surface area contributed by atoms with Gasteiger partial charge < -0.3 is 15.4 Å². The zero-order chi connectivity index (χ0) is 20.1. The van der Waals surface area contributed by atoms with Crippen molar-refractivity contribution in [1.82, 2.24) is 5.32 Å². The van der Waals surface area contributed by atoms with Crippen LogP contribution in [0.4, 0.5) is 5.69 Å². The first-order chi connectivity index (χ1) is 14.8. The zero-order valence-electron chi connectivity index (χ0n) is 17.3. The minimum absolute atomic E-state index is 0.0261. The Balaban J connectivity index is 1.29. The van der Waals surface area contributed by atoms with Gasteiger partial charge in [0, 0.05) is 24.4 Å². The van der Waals surface area contributed by atoms with Gasteiger partial charge in [0.1, 0.15) is 0 Å². The Morgan fingerprint density at radius 3 is 2.77 bits per heavy atom. The van der Waals surface area contributed by atoms with Gasteiger partial charge in [-0.3, -0.25) is 4.79 Å². The summed E-state index contributed by atoms with van der Waals surface area (Å²) in [6, 6.07) is 17.6. The Hall–Kier alpha value is -2.33. The summed E-state index contributed by atoms with van der Waals surface area (Å²) in [5.74, 6) is 2.78. The fourth-order valence-corrected chi connectivity index (χ4v) is 6.73. The second-order valence-corrected chi connectivity index (χ2v) is 9.62. The van der Waals surface area contributed by atoms with E-state index >= 15 is 0 Å². The monoisotopic (exact) mass is 402 g/mol. The quantitative estimate of drug-likeness (QED) is 0.765. The van der Waals surface area contributed by atoms with Gasteiger partial charge in [-0.05, 0) is 85.1 Å². The summed E-state index contributed by atoms with van der Waals surface area (Å²) in [6.45, 7) is 1.43. The number of fused-ring (bicyclic) bond motifs is 7. The summed E-state index contributed by atoms with van der Waals surface area (Å²) in [6.07, 6.45) is 6.35. The van der Waals surface area contributed by atoms with Crippen molar-refractivity contribution in [3.8, 4) is 0 Å². The third-order valence-electron chi connectivity index (χ3n) is 8.02. The normalized spacial score (nSPS) is 33.6. The second kappa shape index (κ2) is 7.42. The molecule has 1 amide bonds. The number of amides is 1. The Morgan fingerprint density at radius 1 is 1.07 bits per heavy atom. The summed E-state index contributed by atoms with van der Waals surface area (Å²) in [4.78, 5) is 12.8. The molecule has 2 aromatic carbocycles. The first kappa shape index (κ1) is 18.4. The van der Waals surface area contributed by atoms with Crippen molar-refractivity contribution in [3.05, 3.63) is 65.2 Å². The molecule has 6 rings (SSSR count). The first-order valence-corrected chi connectivity index (χ1v) is 11.6. The average Bonchev–Trinajstić information content (AvgIpc) is 3.55. The predicted octanol–water partition coefficient (Wildman–Crippen LogP) is 4.89. The van der Waals surface area contributed by atoms with E-state index in [-0.39, 0.29) is 12.0 Å². The highest BCUT2D eigenvalue weighted by Gasteiger charge is 2.53. The van der Waals surface area contributed by atoms with Crippen LogP contribution in [0.5, 0.6) is 0 Å². The number of nitrogens with one attached hydrogen (secondary N) is 2. The molecule has 2 aliphatic heterocycles. The summed E-state index contributed by atoms with van der Waals surface area (Å²) >= 11 is 0. The maximum atomic E-state index is 12.8. The molecule has 0 spiro atoms. The van der Waals surface area contributed by atoms with Gasteiger partial charge in [-0.25, -0.2) is 0 Å². The molecular weight excluding hydrogens is 372 g/mol. The van der Waals surface area contributed by atoms with Crippen molar-refractivity contribution in [1.29, 1.82) is 0 Å². The van der Waals surface area contributed by atoms with Crippen molar-refractivity contribution >= 4 is 11.6 Å². The van der Waals surface area contributed by atoms with E-state index in [0.29, 0.717) is 24.4 Å².